The van der Waals surface area contributed by atoms with E-state index in [1.54, 1.807) is 41.7 Å². The van der Waals surface area contributed by atoms with E-state index >= 15 is 0 Å². The Bertz CT molecular complexity index is 885. The van der Waals surface area contributed by atoms with Crippen LogP contribution in [0.5, 0.6) is 11.5 Å². The van der Waals surface area contributed by atoms with E-state index in [9.17, 15) is 4.79 Å². The molecule has 0 saturated carbocycles. The highest BCUT2D eigenvalue weighted by molar-refractivity contribution is 7.07. The van der Waals surface area contributed by atoms with Crippen LogP contribution in [0.4, 0.5) is 0 Å². The van der Waals surface area contributed by atoms with Gasteiger partial charge in [-0.2, -0.15) is 0 Å². The van der Waals surface area contributed by atoms with Gasteiger partial charge in [-0.25, -0.2) is 4.98 Å². The zero-order valence-corrected chi connectivity index (χ0v) is 17.1. The fraction of sp³-hybridized carbons (Fsp3) is 0.238. The SMILES string of the molecule is CN(CCCOc1ccc(Cl)cc1)C(=O)c1cccc(OCc2cscn2)c1. The molecular formula is C21H21ClN2O3S. The average Bonchev–Trinajstić information content (AvgIpc) is 3.24. The normalized spacial score (nSPS) is 10.5. The van der Waals surface area contributed by atoms with Crippen molar-refractivity contribution in [2.24, 2.45) is 0 Å². The number of carbonyl (C=O) groups is 1. The molecule has 0 aliphatic carbocycles. The third kappa shape index (κ3) is 5.97. The van der Waals surface area contributed by atoms with Crippen molar-refractivity contribution < 1.29 is 14.3 Å². The van der Waals surface area contributed by atoms with Gasteiger partial charge >= 0.3 is 0 Å². The van der Waals surface area contributed by atoms with Crippen LogP contribution in [0.2, 0.25) is 5.02 Å². The van der Waals surface area contributed by atoms with Gasteiger partial charge in [-0.3, -0.25) is 4.79 Å². The summed E-state index contributed by atoms with van der Waals surface area (Å²) >= 11 is 7.38. The highest BCUT2D eigenvalue weighted by Crippen LogP contribution is 2.17. The molecule has 3 rings (SSSR count). The first-order valence-corrected chi connectivity index (χ1v) is 10.2. The Morgan fingerprint density at radius 3 is 2.71 bits per heavy atom. The maximum Gasteiger partial charge on any atom is 0.253 e. The van der Waals surface area contributed by atoms with Gasteiger partial charge in [0.05, 0.1) is 17.8 Å². The van der Waals surface area contributed by atoms with Crippen LogP contribution in [0.25, 0.3) is 0 Å². The smallest absolute Gasteiger partial charge is 0.253 e. The summed E-state index contributed by atoms with van der Waals surface area (Å²) in [6.07, 6.45) is 0.727. The summed E-state index contributed by atoms with van der Waals surface area (Å²) in [7, 11) is 1.79. The summed E-state index contributed by atoms with van der Waals surface area (Å²) in [5, 5.41) is 2.62. The number of hydrogen-bond acceptors (Lipinski definition) is 5. The number of hydrogen-bond donors (Lipinski definition) is 0. The van der Waals surface area contributed by atoms with Crippen LogP contribution in [0.15, 0.2) is 59.4 Å². The first-order chi connectivity index (χ1) is 13.6. The largest absolute Gasteiger partial charge is 0.494 e. The van der Waals surface area contributed by atoms with Crippen molar-refractivity contribution in [2.75, 3.05) is 20.2 Å². The fourth-order valence-electron chi connectivity index (χ4n) is 2.53. The molecular weight excluding hydrogens is 396 g/mol. The van der Waals surface area contributed by atoms with Crippen molar-refractivity contribution in [1.29, 1.82) is 0 Å². The molecule has 0 atom stereocenters. The zero-order chi connectivity index (χ0) is 19.8. The molecule has 0 spiro atoms. The van der Waals surface area contributed by atoms with Gasteiger partial charge < -0.3 is 14.4 Å². The second kappa shape index (κ2) is 10.1. The van der Waals surface area contributed by atoms with E-state index in [4.69, 9.17) is 21.1 Å². The highest BCUT2D eigenvalue weighted by Gasteiger charge is 2.12. The van der Waals surface area contributed by atoms with Crippen LogP contribution in [0.3, 0.4) is 0 Å². The Balaban J connectivity index is 1.45. The second-order valence-electron chi connectivity index (χ2n) is 6.18. The van der Waals surface area contributed by atoms with Crippen LogP contribution < -0.4 is 9.47 Å². The van der Waals surface area contributed by atoms with E-state index in [-0.39, 0.29) is 5.91 Å². The summed E-state index contributed by atoms with van der Waals surface area (Å²) in [6.45, 7) is 1.51. The number of thiazole rings is 1. The van der Waals surface area contributed by atoms with Crippen molar-refractivity contribution in [3.8, 4) is 11.5 Å². The lowest BCUT2D eigenvalue weighted by Crippen LogP contribution is -2.28. The molecule has 0 aliphatic heterocycles. The van der Waals surface area contributed by atoms with Gasteiger partial charge in [-0.05, 0) is 48.9 Å². The second-order valence-corrected chi connectivity index (χ2v) is 7.33. The molecule has 0 saturated heterocycles. The van der Waals surface area contributed by atoms with Gasteiger partial charge in [-0.15, -0.1) is 11.3 Å². The lowest BCUT2D eigenvalue weighted by molar-refractivity contribution is 0.0787. The maximum absolute atomic E-state index is 12.6. The highest BCUT2D eigenvalue weighted by atomic mass is 35.5. The molecule has 1 heterocycles. The molecule has 146 valence electrons. The topological polar surface area (TPSA) is 51.7 Å². The van der Waals surface area contributed by atoms with Crippen LogP contribution in [0.1, 0.15) is 22.5 Å². The monoisotopic (exact) mass is 416 g/mol. The summed E-state index contributed by atoms with van der Waals surface area (Å²) < 4.78 is 11.4. The molecule has 0 fully saturated rings. The molecule has 5 nitrogen and oxygen atoms in total. The van der Waals surface area contributed by atoms with Crippen molar-refractivity contribution in [2.45, 2.75) is 13.0 Å². The quantitative estimate of drug-likeness (QED) is 0.465. The molecule has 3 aromatic rings. The standard InChI is InChI=1S/C21H21ClN2O3S/c1-24(10-3-11-26-19-8-6-17(22)7-9-19)21(25)16-4-2-5-20(12-16)27-13-18-14-28-15-23-18/h2,4-9,12,14-15H,3,10-11,13H2,1H3. The summed E-state index contributed by atoms with van der Waals surface area (Å²) in [5.41, 5.74) is 3.24. The Labute approximate surface area is 173 Å². The average molecular weight is 417 g/mol. The first kappa shape index (κ1) is 20.2. The number of amides is 1. The summed E-state index contributed by atoms with van der Waals surface area (Å²) in [5.74, 6) is 1.37. The van der Waals surface area contributed by atoms with Crippen LogP contribution in [-0.2, 0) is 6.61 Å². The lowest BCUT2D eigenvalue weighted by Gasteiger charge is -2.18. The Morgan fingerprint density at radius 1 is 1.14 bits per heavy atom. The minimum absolute atomic E-state index is 0.0504. The minimum Gasteiger partial charge on any atom is -0.494 e. The number of rotatable bonds is 9. The van der Waals surface area contributed by atoms with E-state index in [0.29, 0.717) is 36.1 Å². The van der Waals surface area contributed by atoms with Crippen LogP contribution in [0, 0.1) is 0 Å². The number of aromatic nitrogens is 1. The molecule has 1 amide bonds. The van der Waals surface area contributed by atoms with Crippen molar-refractivity contribution in [3.63, 3.8) is 0 Å². The van der Waals surface area contributed by atoms with E-state index in [0.717, 1.165) is 17.9 Å². The number of halogens is 1. The molecule has 1 aromatic heterocycles. The van der Waals surface area contributed by atoms with Crippen LogP contribution in [-0.4, -0.2) is 36.0 Å². The van der Waals surface area contributed by atoms with Crippen molar-refractivity contribution in [1.82, 2.24) is 9.88 Å². The molecule has 7 heteroatoms. The molecule has 0 bridgehead atoms. The Kier molecular flexibility index (Phi) is 7.28. The molecule has 0 radical (unpaired) electrons. The Morgan fingerprint density at radius 2 is 1.96 bits per heavy atom. The predicted molar refractivity (Wildman–Crippen MR) is 111 cm³/mol. The van der Waals surface area contributed by atoms with Gasteiger partial charge in [0.1, 0.15) is 18.1 Å². The van der Waals surface area contributed by atoms with Gasteiger partial charge in [0, 0.05) is 29.6 Å². The number of ether oxygens (including phenoxy) is 2. The van der Waals surface area contributed by atoms with E-state index in [1.165, 1.54) is 11.3 Å². The number of carbonyl (C=O) groups excluding carboxylic acids is 1. The van der Waals surface area contributed by atoms with E-state index in [2.05, 4.69) is 4.98 Å². The zero-order valence-electron chi connectivity index (χ0n) is 15.5. The van der Waals surface area contributed by atoms with Gasteiger partial charge in [0.25, 0.3) is 5.91 Å². The van der Waals surface area contributed by atoms with Gasteiger partial charge in [0.2, 0.25) is 0 Å². The molecule has 2 aromatic carbocycles. The predicted octanol–water partition coefficient (Wildman–Crippen LogP) is 4.92. The van der Waals surface area contributed by atoms with Crippen molar-refractivity contribution >= 4 is 28.8 Å². The summed E-state index contributed by atoms with van der Waals surface area (Å²) in [4.78, 5) is 18.5. The van der Waals surface area contributed by atoms with Crippen molar-refractivity contribution in [3.05, 3.63) is 75.7 Å². The fourth-order valence-corrected chi connectivity index (χ4v) is 3.20. The molecule has 28 heavy (non-hydrogen) atoms. The first-order valence-electron chi connectivity index (χ1n) is 8.85. The summed E-state index contributed by atoms with van der Waals surface area (Å²) in [6, 6.07) is 14.4. The van der Waals surface area contributed by atoms with E-state index in [1.807, 2.05) is 29.6 Å². The number of nitrogens with zero attached hydrogens (tertiary/aromatic N) is 2. The van der Waals surface area contributed by atoms with Gasteiger partial charge in [0.15, 0.2) is 0 Å². The maximum atomic E-state index is 12.6. The molecule has 0 unspecified atom stereocenters. The Hall–Kier alpha value is -2.57. The third-order valence-corrected chi connectivity index (χ3v) is 4.91. The van der Waals surface area contributed by atoms with E-state index < -0.39 is 0 Å². The lowest BCUT2D eigenvalue weighted by atomic mass is 10.2. The number of benzene rings is 2. The minimum atomic E-state index is -0.0504. The molecule has 0 N–H and O–H groups in total. The van der Waals surface area contributed by atoms with Crippen LogP contribution >= 0.6 is 22.9 Å². The third-order valence-electron chi connectivity index (χ3n) is 4.02. The van der Waals surface area contributed by atoms with Gasteiger partial charge in [-0.1, -0.05) is 17.7 Å². The molecule has 0 aliphatic rings.